The van der Waals surface area contributed by atoms with E-state index in [0.717, 1.165) is 4.48 Å². The van der Waals surface area contributed by atoms with Crippen LogP contribution in [0.3, 0.4) is 0 Å². The molecule has 0 heterocycles. The first-order valence-electron chi connectivity index (χ1n) is 4.34. The van der Waals surface area contributed by atoms with Crippen LogP contribution in [0.5, 0.6) is 0 Å². The quantitative estimate of drug-likeness (QED) is 0.475. The number of hydrogen-bond acceptors (Lipinski definition) is 0. The Morgan fingerprint density at radius 1 is 0.636 bits per heavy atom. The van der Waals surface area contributed by atoms with Crippen LogP contribution in [-0.2, 0) is 0 Å². The van der Waals surface area contributed by atoms with Gasteiger partial charge in [0.25, 0.3) is 0 Å². The molecular formula is C10H24N+. The van der Waals surface area contributed by atoms with Gasteiger partial charge in [-0.15, -0.1) is 0 Å². The van der Waals surface area contributed by atoms with Gasteiger partial charge in [-0.3, -0.25) is 0 Å². The summed E-state index contributed by atoms with van der Waals surface area (Å²) in [5.41, 5.74) is 0.635. The summed E-state index contributed by atoms with van der Waals surface area (Å²) in [6.45, 7) is 13.7. The second-order valence-electron chi connectivity index (χ2n) is 5.80. The van der Waals surface area contributed by atoms with Crippen LogP contribution in [0, 0.1) is 0 Å². The molecule has 0 bridgehead atoms. The van der Waals surface area contributed by atoms with E-state index in [1.807, 2.05) is 0 Å². The molecule has 68 valence electrons. The lowest BCUT2D eigenvalue weighted by Crippen LogP contribution is -2.64. The number of rotatable bonds is 0. The van der Waals surface area contributed by atoms with Crippen molar-refractivity contribution in [3.63, 3.8) is 0 Å². The Labute approximate surface area is 72.0 Å². The average molecular weight is 158 g/mol. The van der Waals surface area contributed by atoms with Gasteiger partial charge in [-0.05, 0) is 41.5 Å². The van der Waals surface area contributed by atoms with Crippen molar-refractivity contribution >= 4 is 0 Å². The Bertz CT molecular complexity index is 116. The van der Waals surface area contributed by atoms with E-state index in [0.29, 0.717) is 11.1 Å². The highest BCUT2D eigenvalue weighted by Crippen LogP contribution is 2.29. The van der Waals surface area contributed by atoms with Crippen LogP contribution < -0.4 is 0 Å². The highest BCUT2D eigenvalue weighted by Gasteiger charge is 2.41. The summed E-state index contributed by atoms with van der Waals surface area (Å²) in [4.78, 5) is 0. The fraction of sp³-hybridized carbons (Fsp3) is 1.00. The molecule has 0 aromatic rings. The first-order chi connectivity index (χ1) is 4.50. The third-order valence-electron chi connectivity index (χ3n) is 3.35. The maximum Gasteiger partial charge on any atom is 0.0907 e. The van der Waals surface area contributed by atoms with Gasteiger partial charge in [0.2, 0.25) is 0 Å². The minimum absolute atomic E-state index is 0.318. The number of nitrogens with zero attached hydrogens (tertiary/aromatic N) is 1. The molecule has 0 aromatic heterocycles. The van der Waals surface area contributed by atoms with E-state index in [9.17, 15) is 0 Å². The number of hydrogen-bond donors (Lipinski definition) is 0. The Balaban J connectivity index is 4.75. The molecule has 0 aliphatic heterocycles. The van der Waals surface area contributed by atoms with Gasteiger partial charge in [0.1, 0.15) is 0 Å². The van der Waals surface area contributed by atoms with Crippen molar-refractivity contribution in [2.24, 2.45) is 0 Å². The first-order valence-corrected chi connectivity index (χ1v) is 4.34. The van der Waals surface area contributed by atoms with E-state index < -0.39 is 0 Å². The van der Waals surface area contributed by atoms with Crippen molar-refractivity contribution in [3.8, 4) is 0 Å². The zero-order valence-electron chi connectivity index (χ0n) is 9.45. The summed E-state index contributed by atoms with van der Waals surface area (Å²) in [6.07, 6.45) is 0. The highest BCUT2D eigenvalue weighted by atomic mass is 15.4. The third-order valence-corrected chi connectivity index (χ3v) is 3.35. The van der Waals surface area contributed by atoms with E-state index in [1.165, 1.54) is 0 Å². The molecule has 0 fully saturated rings. The molecule has 0 aromatic carbocycles. The van der Waals surface area contributed by atoms with E-state index in [-0.39, 0.29) is 0 Å². The molecule has 0 radical (unpaired) electrons. The highest BCUT2D eigenvalue weighted by molar-refractivity contribution is 4.70. The van der Waals surface area contributed by atoms with Crippen LogP contribution in [0.2, 0.25) is 0 Å². The predicted octanol–water partition coefficient (Wildman–Crippen LogP) is 2.66. The third kappa shape index (κ3) is 1.96. The van der Waals surface area contributed by atoms with Crippen LogP contribution in [0.1, 0.15) is 41.5 Å². The summed E-state index contributed by atoms with van der Waals surface area (Å²) in [5.74, 6) is 0. The van der Waals surface area contributed by atoms with Gasteiger partial charge in [0, 0.05) is 0 Å². The molecule has 11 heavy (non-hydrogen) atoms. The minimum atomic E-state index is 0.318. The summed E-state index contributed by atoms with van der Waals surface area (Å²) < 4.78 is 1.04. The number of quaternary nitrogens is 1. The van der Waals surface area contributed by atoms with Gasteiger partial charge in [0.05, 0.1) is 25.2 Å². The topological polar surface area (TPSA) is 0 Å². The fourth-order valence-corrected chi connectivity index (χ4v) is 1.01. The van der Waals surface area contributed by atoms with Crippen molar-refractivity contribution in [1.82, 2.24) is 0 Å². The smallest absolute Gasteiger partial charge is 0.0907 e. The second kappa shape index (κ2) is 2.48. The Kier molecular flexibility index (Phi) is 2.47. The Hall–Kier alpha value is -0.0400. The van der Waals surface area contributed by atoms with Gasteiger partial charge in [-0.2, -0.15) is 0 Å². The lowest BCUT2D eigenvalue weighted by atomic mass is 9.93. The SMILES string of the molecule is CC(C)(C)[N+](C)(C)C(C)(C)C. The molecule has 0 atom stereocenters. The molecule has 0 aliphatic carbocycles. The van der Waals surface area contributed by atoms with E-state index in [4.69, 9.17) is 0 Å². The molecule has 0 aliphatic rings. The van der Waals surface area contributed by atoms with E-state index >= 15 is 0 Å². The predicted molar refractivity (Wildman–Crippen MR) is 51.6 cm³/mol. The molecule has 0 amide bonds. The summed E-state index contributed by atoms with van der Waals surface area (Å²) in [7, 11) is 4.58. The maximum absolute atomic E-state index is 2.29. The van der Waals surface area contributed by atoms with Gasteiger partial charge < -0.3 is 4.48 Å². The monoisotopic (exact) mass is 158 g/mol. The van der Waals surface area contributed by atoms with Crippen molar-refractivity contribution in [1.29, 1.82) is 0 Å². The van der Waals surface area contributed by atoms with E-state index in [2.05, 4.69) is 55.6 Å². The van der Waals surface area contributed by atoms with Crippen LogP contribution in [0.4, 0.5) is 0 Å². The van der Waals surface area contributed by atoms with E-state index in [1.54, 1.807) is 0 Å². The van der Waals surface area contributed by atoms with Gasteiger partial charge in [-0.1, -0.05) is 0 Å². The zero-order valence-corrected chi connectivity index (χ0v) is 9.45. The second-order valence-corrected chi connectivity index (χ2v) is 5.80. The molecule has 0 rings (SSSR count). The molecule has 0 saturated carbocycles. The molecular weight excluding hydrogens is 134 g/mol. The Morgan fingerprint density at radius 3 is 0.818 bits per heavy atom. The van der Waals surface area contributed by atoms with Crippen molar-refractivity contribution in [3.05, 3.63) is 0 Å². The minimum Gasteiger partial charge on any atom is -0.320 e. The van der Waals surface area contributed by atoms with Gasteiger partial charge in [-0.25, -0.2) is 0 Å². The fourth-order valence-electron chi connectivity index (χ4n) is 1.01. The van der Waals surface area contributed by atoms with Gasteiger partial charge >= 0.3 is 0 Å². The molecule has 1 heteroatoms. The first kappa shape index (κ1) is 11.0. The van der Waals surface area contributed by atoms with Crippen molar-refractivity contribution < 1.29 is 4.48 Å². The van der Waals surface area contributed by atoms with Crippen LogP contribution in [-0.4, -0.2) is 29.7 Å². The standard InChI is InChI=1S/C10H24N/c1-9(2,3)11(7,8)10(4,5)6/h1-8H3/q+1. The molecule has 0 spiro atoms. The lowest BCUT2D eigenvalue weighted by Gasteiger charge is -2.51. The van der Waals surface area contributed by atoms with Crippen LogP contribution >= 0.6 is 0 Å². The molecule has 0 unspecified atom stereocenters. The summed E-state index contributed by atoms with van der Waals surface area (Å²) >= 11 is 0. The average Bonchev–Trinajstić information content (AvgIpc) is 1.58. The van der Waals surface area contributed by atoms with Crippen LogP contribution in [0.15, 0.2) is 0 Å². The van der Waals surface area contributed by atoms with Crippen molar-refractivity contribution in [2.45, 2.75) is 52.6 Å². The molecule has 1 nitrogen and oxygen atoms in total. The Morgan fingerprint density at radius 2 is 0.818 bits per heavy atom. The normalized spacial score (nSPS) is 15.3. The van der Waals surface area contributed by atoms with Crippen molar-refractivity contribution in [2.75, 3.05) is 14.1 Å². The summed E-state index contributed by atoms with van der Waals surface area (Å²) in [5, 5.41) is 0. The van der Waals surface area contributed by atoms with Crippen LogP contribution in [0.25, 0.3) is 0 Å². The molecule has 0 N–H and O–H groups in total. The zero-order chi connectivity index (χ0) is 9.50. The molecule has 0 saturated heterocycles. The van der Waals surface area contributed by atoms with Gasteiger partial charge in [0.15, 0.2) is 0 Å². The lowest BCUT2D eigenvalue weighted by molar-refractivity contribution is -0.977. The maximum atomic E-state index is 2.29. The largest absolute Gasteiger partial charge is 0.320 e. The summed E-state index contributed by atoms with van der Waals surface area (Å²) in [6, 6.07) is 0.